The lowest BCUT2D eigenvalue weighted by atomic mass is 10.1. The topological polar surface area (TPSA) is 66.4 Å². The van der Waals surface area contributed by atoms with Gasteiger partial charge in [0, 0.05) is 12.1 Å². The molecular weight excluding hydrogens is 285 g/mol. The number of carbonyl (C=O) groups excluding carboxylic acids is 1. The second-order valence-corrected chi connectivity index (χ2v) is 5.01. The summed E-state index contributed by atoms with van der Waals surface area (Å²) in [5.41, 5.74) is 2.36. The highest BCUT2D eigenvalue weighted by atomic mass is 19.1. The zero-order valence-corrected chi connectivity index (χ0v) is 12.1. The Morgan fingerprint density at radius 1 is 1.14 bits per heavy atom. The largest absolute Gasteiger partial charge is 0.478 e. The summed E-state index contributed by atoms with van der Waals surface area (Å²) in [6.07, 6.45) is 0.773. The van der Waals surface area contributed by atoms with Crippen LogP contribution < -0.4 is 5.32 Å². The van der Waals surface area contributed by atoms with Gasteiger partial charge in [0.25, 0.3) is 0 Å². The zero-order chi connectivity index (χ0) is 16.1. The fraction of sp³-hybridized carbons (Fsp3) is 0.176. The van der Waals surface area contributed by atoms with Crippen molar-refractivity contribution in [3.8, 4) is 0 Å². The number of aromatic carboxylic acids is 1. The molecule has 2 aromatic rings. The third-order valence-electron chi connectivity index (χ3n) is 3.30. The minimum absolute atomic E-state index is 0.169. The maximum atomic E-state index is 13.0. The summed E-state index contributed by atoms with van der Waals surface area (Å²) in [7, 11) is 0. The molecule has 0 saturated heterocycles. The molecule has 0 heterocycles. The van der Waals surface area contributed by atoms with Gasteiger partial charge in [-0.2, -0.15) is 0 Å². The van der Waals surface area contributed by atoms with Gasteiger partial charge < -0.3 is 10.4 Å². The van der Waals surface area contributed by atoms with E-state index in [0.717, 1.165) is 5.56 Å². The Bertz CT molecular complexity index is 696. The maximum Gasteiger partial charge on any atom is 0.335 e. The third-order valence-corrected chi connectivity index (χ3v) is 3.30. The van der Waals surface area contributed by atoms with Gasteiger partial charge >= 0.3 is 5.97 Å². The molecule has 2 N–H and O–H groups in total. The highest BCUT2D eigenvalue weighted by molar-refractivity contribution is 5.91. The van der Waals surface area contributed by atoms with Gasteiger partial charge in [0.15, 0.2) is 0 Å². The number of carbonyl (C=O) groups is 2. The molecule has 0 aliphatic carbocycles. The standard InChI is InChI=1S/C17H16FNO3/c1-11-10-14(18)7-8-15(11)19-16(20)9-4-12-2-5-13(6-3-12)17(21)22/h2-3,5-8,10H,4,9H2,1H3,(H,19,20)(H,21,22). The van der Waals surface area contributed by atoms with Gasteiger partial charge in [0.05, 0.1) is 5.56 Å². The van der Waals surface area contributed by atoms with Crippen LogP contribution in [0.5, 0.6) is 0 Å². The van der Waals surface area contributed by atoms with Crippen molar-refractivity contribution in [2.24, 2.45) is 0 Å². The molecule has 22 heavy (non-hydrogen) atoms. The molecular formula is C17H16FNO3. The van der Waals surface area contributed by atoms with E-state index in [0.29, 0.717) is 17.7 Å². The molecule has 0 aromatic heterocycles. The van der Waals surface area contributed by atoms with E-state index in [1.807, 2.05) is 0 Å². The highest BCUT2D eigenvalue weighted by Gasteiger charge is 2.07. The van der Waals surface area contributed by atoms with Crippen molar-refractivity contribution < 1.29 is 19.1 Å². The first-order valence-corrected chi connectivity index (χ1v) is 6.84. The number of halogens is 1. The van der Waals surface area contributed by atoms with Crippen LogP contribution in [0.25, 0.3) is 0 Å². The van der Waals surface area contributed by atoms with E-state index < -0.39 is 5.97 Å². The molecule has 2 rings (SSSR count). The van der Waals surface area contributed by atoms with Gasteiger partial charge in [-0.1, -0.05) is 12.1 Å². The van der Waals surface area contributed by atoms with Crippen molar-refractivity contribution in [2.45, 2.75) is 19.8 Å². The number of carboxylic acid groups (broad SMARTS) is 1. The fourth-order valence-corrected chi connectivity index (χ4v) is 2.05. The van der Waals surface area contributed by atoms with Crippen LogP contribution in [0.3, 0.4) is 0 Å². The molecule has 2 aromatic carbocycles. The summed E-state index contributed by atoms with van der Waals surface area (Å²) in [6, 6.07) is 10.6. The third kappa shape index (κ3) is 4.15. The van der Waals surface area contributed by atoms with E-state index in [9.17, 15) is 14.0 Å². The zero-order valence-electron chi connectivity index (χ0n) is 12.1. The van der Waals surface area contributed by atoms with Crippen molar-refractivity contribution in [1.82, 2.24) is 0 Å². The van der Waals surface area contributed by atoms with Gasteiger partial charge in [-0.25, -0.2) is 9.18 Å². The number of benzene rings is 2. The Labute approximate surface area is 127 Å². The molecule has 4 nitrogen and oxygen atoms in total. The quantitative estimate of drug-likeness (QED) is 0.889. The first-order valence-electron chi connectivity index (χ1n) is 6.84. The number of rotatable bonds is 5. The molecule has 0 radical (unpaired) electrons. The first-order chi connectivity index (χ1) is 10.5. The molecule has 0 unspecified atom stereocenters. The SMILES string of the molecule is Cc1cc(F)ccc1NC(=O)CCc1ccc(C(=O)O)cc1. The van der Waals surface area contributed by atoms with Crippen LogP contribution in [0.4, 0.5) is 10.1 Å². The second-order valence-electron chi connectivity index (χ2n) is 5.01. The second kappa shape index (κ2) is 6.85. The highest BCUT2D eigenvalue weighted by Crippen LogP contribution is 2.16. The van der Waals surface area contributed by atoms with Crippen LogP contribution in [0, 0.1) is 12.7 Å². The van der Waals surface area contributed by atoms with Crippen LogP contribution in [0.15, 0.2) is 42.5 Å². The number of hydrogen-bond donors (Lipinski definition) is 2. The van der Waals surface area contributed by atoms with Crippen LogP contribution in [0.2, 0.25) is 0 Å². The molecule has 0 aliphatic heterocycles. The van der Waals surface area contributed by atoms with Crippen molar-refractivity contribution in [3.05, 3.63) is 65.0 Å². The molecule has 0 fully saturated rings. The van der Waals surface area contributed by atoms with E-state index in [1.54, 1.807) is 19.1 Å². The molecule has 114 valence electrons. The molecule has 0 saturated carbocycles. The summed E-state index contributed by atoms with van der Waals surface area (Å²) >= 11 is 0. The van der Waals surface area contributed by atoms with Crippen LogP contribution in [-0.4, -0.2) is 17.0 Å². The van der Waals surface area contributed by atoms with Crippen molar-refractivity contribution >= 4 is 17.6 Å². The summed E-state index contributed by atoms with van der Waals surface area (Å²) in [6.45, 7) is 1.73. The minimum atomic E-state index is -0.976. The maximum absolute atomic E-state index is 13.0. The summed E-state index contributed by atoms with van der Waals surface area (Å²) in [5, 5.41) is 11.6. The Hall–Kier alpha value is -2.69. The lowest BCUT2D eigenvalue weighted by Gasteiger charge is -2.08. The van der Waals surface area contributed by atoms with Crippen LogP contribution >= 0.6 is 0 Å². The molecule has 0 bridgehead atoms. The minimum Gasteiger partial charge on any atom is -0.478 e. The number of nitrogens with one attached hydrogen (secondary N) is 1. The number of carboxylic acids is 1. The van der Waals surface area contributed by atoms with E-state index in [2.05, 4.69) is 5.32 Å². The molecule has 5 heteroatoms. The van der Waals surface area contributed by atoms with Gasteiger partial charge in [0.2, 0.25) is 5.91 Å². The lowest BCUT2D eigenvalue weighted by Crippen LogP contribution is -2.13. The molecule has 0 atom stereocenters. The Morgan fingerprint density at radius 3 is 2.41 bits per heavy atom. The van der Waals surface area contributed by atoms with E-state index >= 15 is 0 Å². The van der Waals surface area contributed by atoms with Crippen LogP contribution in [0.1, 0.15) is 27.9 Å². The molecule has 0 aliphatic rings. The number of aryl methyl sites for hydroxylation is 2. The average molecular weight is 301 g/mol. The predicted molar refractivity (Wildman–Crippen MR) is 81.5 cm³/mol. The van der Waals surface area contributed by atoms with Crippen LogP contribution in [-0.2, 0) is 11.2 Å². The number of hydrogen-bond acceptors (Lipinski definition) is 2. The fourth-order valence-electron chi connectivity index (χ4n) is 2.05. The monoisotopic (exact) mass is 301 g/mol. The van der Waals surface area contributed by atoms with Crippen molar-refractivity contribution in [1.29, 1.82) is 0 Å². The summed E-state index contributed by atoms with van der Waals surface area (Å²) < 4.78 is 13.0. The van der Waals surface area contributed by atoms with Gasteiger partial charge in [-0.15, -0.1) is 0 Å². The van der Waals surface area contributed by atoms with Gasteiger partial charge in [-0.3, -0.25) is 4.79 Å². The smallest absolute Gasteiger partial charge is 0.335 e. The van der Waals surface area contributed by atoms with Crippen molar-refractivity contribution in [3.63, 3.8) is 0 Å². The van der Waals surface area contributed by atoms with Crippen molar-refractivity contribution in [2.75, 3.05) is 5.32 Å². The molecule has 0 spiro atoms. The van der Waals surface area contributed by atoms with E-state index in [-0.39, 0.29) is 23.7 Å². The lowest BCUT2D eigenvalue weighted by molar-refractivity contribution is -0.116. The average Bonchev–Trinajstić information content (AvgIpc) is 2.48. The Morgan fingerprint density at radius 2 is 1.82 bits per heavy atom. The Kier molecular flexibility index (Phi) is 4.88. The predicted octanol–water partition coefficient (Wildman–Crippen LogP) is 3.40. The summed E-state index contributed by atoms with van der Waals surface area (Å²) in [5.74, 6) is -1.48. The number of anilines is 1. The normalized spacial score (nSPS) is 10.3. The van der Waals surface area contributed by atoms with E-state index in [1.165, 1.54) is 30.3 Å². The number of amides is 1. The Balaban J connectivity index is 1.91. The van der Waals surface area contributed by atoms with E-state index in [4.69, 9.17) is 5.11 Å². The molecule has 1 amide bonds. The van der Waals surface area contributed by atoms with Gasteiger partial charge in [-0.05, 0) is 54.8 Å². The summed E-state index contributed by atoms with van der Waals surface area (Å²) in [4.78, 5) is 22.6. The first kappa shape index (κ1) is 15.7. The van der Waals surface area contributed by atoms with Gasteiger partial charge in [0.1, 0.15) is 5.82 Å².